The molecule has 1 rings (SSSR count). The molecule has 3 nitrogen and oxygen atoms in total. The van der Waals surface area contributed by atoms with E-state index in [9.17, 15) is 9.59 Å². The SMILES string of the molecule is C=CC(=O)N1C(=O)C(C)CC1C. The Hall–Kier alpha value is -1.12. The van der Waals surface area contributed by atoms with Gasteiger partial charge in [0.1, 0.15) is 0 Å². The maximum absolute atomic E-state index is 11.4. The van der Waals surface area contributed by atoms with Crippen LogP contribution in [0.2, 0.25) is 0 Å². The third-order valence-electron chi connectivity index (χ3n) is 2.21. The number of hydrogen-bond donors (Lipinski definition) is 0. The summed E-state index contributed by atoms with van der Waals surface area (Å²) in [6.45, 7) is 7.08. The first-order valence-corrected chi connectivity index (χ1v) is 4.07. The molecule has 0 spiro atoms. The summed E-state index contributed by atoms with van der Waals surface area (Å²) in [5.41, 5.74) is 0. The Morgan fingerprint density at radius 3 is 2.58 bits per heavy atom. The van der Waals surface area contributed by atoms with Crippen molar-refractivity contribution in [1.82, 2.24) is 4.90 Å². The molecule has 1 heterocycles. The van der Waals surface area contributed by atoms with Crippen molar-refractivity contribution in [3.8, 4) is 0 Å². The van der Waals surface area contributed by atoms with Gasteiger partial charge < -0.3 is 0 Å². The molecular weight excluding hydrogens is 154 g/mol. The molecular formula is C9H13NO2. The highest BCUT2D eigenvalue weighted by Crippen LogP contribution is 2.23. The summed E-state index contributed by atoms with van der Waals surface area (Å²) >= 11 is 0. The number of carbonyl (C=O) groups excluding carboxylic acids is 2. The monoisotopic (exact) mass is 167 g/mol. The van der Waals surface area contributed by atoms with E-state index in [1.807, 2.05) is 13.8 Å². The number of amides is 2. The van der Waals surface area contributed by atoms with E-state index in [-0.39, 0.29) is 23.8 Å². The van der Waals surface area contributed by atoms with Gasteiger partial charge in [-0.25, -0.2) is 0 Å². The molecule has 1 saturated heterocycles. The summed E-state index contributed by atoms with van der Waals surface area (Å²) < 4.78 is 0. The van der Waals surface area contributed by atoms with Crippen LogP contribution in [0.4, 0.5) is 0 Å². The van der Waals surface area contributed by atoms with E-state index in [0.717, 1.165) is 6.42 Å². The minimum Gasteiger partial charge on any atom is -0.276 e. The molecule has 0 N–H and O–H groups in total. The molecule has 2 amide bonds. The smallest absolute Gasteiger partial charge is 0.252 e. The maximum atomic E-state index is 11.4. The van der Waals surface area contributed by atoms with Gasteiger partial charge in [0.15, 0.2) is 0 Å². The van der Waals surface area contributed by atoms with Gasteiger partial charge in [-0.15, -0.1) is 0 Å². The maximum Gasteiger partial charge on any atom is 0.252 e. The number of imide groups is 1. The molecule has 1 aliphatic heterocycles. The van der Waals surface area contributed by atoms with Crippen LogP contribution in [0.1, 0.15) is 20.3 Å². The highest BCUT2D eigenvalue weighted by Gasteiger charge is 2.36. The average Bonchev–Trinajstić information content (AvgIpc) is 2.26. The van der Waals surface area contributed by atoms with E-state index >= 15 is 0 Å². The first-order valence-electron chi connectivity index (χ1n) is 4.07. The van der Waals surface area contributed by atoms with Crippen molar-refractivity contribution in [3.63, 3.8) is 0 Å². The number of likely N-dealkylation sites (tertiary alicyclic amines) is 1. The second kappa shape index (κ2) is 3.09. The van der Waals surface area contributed by atoms with Crippen molar-refractivity contribution in [3.05, 3.63) is 12.7 Å². The van der Waals surface area contributed by atoms with Gasteiger partial charge in [0.25, 0.3) is 5.91 Å². The Morgan fingerprint density at radius 1 is 1.67 bits per heavy atom. The van der Waals surface area contributed by atoms with Crippen molar-refractivity contribution in [2.45, 2.75) is 26.3 Å². The fourth-order valence-electron chi connectivity index (χ4n) is 1.60. The summed E-state index contributed by atoms with van der Waals surface area (Å²) in [4.78, 5) is 23.8. The summed E-state index contributed by atoms with van der Waals surface area (Å²) in [6, 6.07) is 0.0259. The summed E-state index contributed by atoms with van der Waals surface area (Å²) in [5, 5.41) is 0. The van der Waals surface area contributed by atoms with Crippen LogP contribution in [0.15, 0.2) is 12.7 Å². The predicted molar refractivity (Wildman–Crippen MR) is 45.3 cm³/mol. The van der Waals surface area contributed by atoms with Crippen molar-refractivity contribution in [2.75, 3.05) is 0 Å². The van der Waals surface area contributed by atoms with Gasteiger partial charge in [0.2, 0.25) is 5.91 Å². The minimum atomic E-state index is -0.281. The Morgan fingerprint density at radius 2 is 2.25 bits per heavy atom. The van der Waals surface area contributed by atoms with E-state index in [1.54, 1.807) is 0 Å². The largest absolute Gasteiger partial charge is 0.276 e. The number of rotatable bonds is 1. The van der Waals surface area contributed by atoms with Crippen LogP contribution in [-0.4, -0.2) is 22.8 Å². The lowest BCUT2D eigenvalue weighted by Gasteiger charge is -2.16. The van der Waals surface area contributed by atoms with Gasteiger partial charge in [-0.2, -0.15) is 0 Å². The van der Waals surface area contributed by atoms with E-state index < -0.39 is 0 Å². The summed E-state index contributed by atoms with van der Waals surface area (Å²) in [6.07, 6.45) is 1.95. The molecule has 3 heteroatoms. The van der Waals surface area contributed by atoms with E-state index in [0.29, 0.717) is 0 Å². The van der Waals surface area contributed by atoms with Crippen molar-refractivity contribution >= 4 is 11.8 Å². The van der Waals surface area contributed by atoms with Crippen LogP contribution in [-0.2, 0) is 9.59 Å². The summed E-state index contributed by atoms with van der Waals surface area (Å²) in [7, 11) is 0. The second-order valence-corrected chi connectivity index (χ2v) is 3.24. The number of carbonyl (C=O) groups is 2. The van der Waals surface area contributed by atoms with Gasteiger partial charge >= 0.3 is 0 Å². The quantitative estimate of drug-likeness (QED) is 0.545. The molecule has 1 fully saturated rings. The standard InChI is InChI=1S/C9H13NO2/c1-4-8(11)10-7(3)5-6(2)9(10)12/h4,6-7H,1,5H2,2-3H3. The normalized spacial score (nSPS) is 29.2. The average molecular weight is 167 g/mol. The molecule has 0 aromatic rings. The van der Waals surface area contributed by atoms with Gasteiger partial charge in [0.05, 0.1) is 0 Å². The highest BCUT2D eigenvalue weighted by molar-refractivity contribution is 6.02. The Kier molecular flexibility index (Phi) is 2.31. The molecule has 0 aromatic heterocycles. The molecule has 0 radical (unpaired) electrons. The van der Waals surface area contributed by atoms with Crippen molar-refractivity contribution in [1.29, 1.82) is 0 Å². The molecule has 0 saturated carbocycles. The molecule has 66 valence electrons. The zero-order valence-corrected chi connectivity index (χ0v) is 7.41. The van der Waals surface area contributed by atoms with Crippen LogP contribution in [0.3, 0.4) is 0 Å². The molecule has 0 aliphatic carbocycles. The van der Waals surface area contributed by atoms with Gasteiger partial charge in [-0.1, -0.05) is 13.5 Å². The van der Waals surface area contributed by atoms with Gasteiger partial charge in [0, 0.05) is 12.0 Å². The van der Waals surface area contributed by atoms with Crippen LogP contribution < -0.4 is 0 Å². The third kappa shape index (κ3) is 1.26. The topological polar surface area (TPSA) is 37.4 Å². The Labute approximate surface area is 72.0 Å². The van der Waals surface area contributed by atoms with Crippen LogP contribution in [0.25, 0.3) is 0 Å². The fourth-order valence-corrected chi connectivity index (χ4v) is 1.60. The van der Waals surface area contributed by atoms with Crippen LogP contribution in [0, 0.1) is 5.92 Å². The van der Waals surface area contributed by atoms with Crippen molar-refractivity contribution in [2.24, 2.45) is 5.92 Å². The molecule has 2 unspecified atom stereocenters. The van der Waals surface area contributed by atoms with Gasteiger partial charge in [-0.3, -0.25) is 14.5 Å². The lowest BCUT2D eigenvalue weighted by molar-refractivity contribution is -0.141. The zero-order chi connectivity index (χ0) is 9.30. The lowest BCUT2D eigenvalue weighted by Crippen LogP contribution is -2.36. The lowest BCUT2D eigenvalue weighted by atomic mass is 10.1. The predicted octanol–water partition coefficient (Wildman–Crippen LogP) is 0.956. The first kappa shape index (κ1) is 8.97. The number of hydrogen-bond acceptors (Lipinski definition) is 2. The molecule has 12 heavy (non-hydrogen) atoms. The molecule has 1 aliphatic rings. The molecule has 0 bridgehead atoms. The zero-order valence-electron chi connectivity index (χ0n) is 7.41. The fraction of sp³-hybridized carbons (Fsp3) is 0.556. The molecule has 2 atom stereocenters. The highest BCUT2D eigenvalue weighted by atomic mass is 16.2. The van der Waals surface area contributed by atoms with Gasteiger partial charge in [-0.05, 0) is 19.4 Å². The van der Waals surface area contributed by atoms with Crippen molar-refractivity contribution < 1.29 is 9.59 Å². The minimum absolute atomic E-state index is 0.0242. The van der Waals surface area contributed by atoms with Crippen LogP contribution >= 0.6 is 0 Å². The number of nitrogens with zero attached hydrogens (tertiary/aromatic N) is 1. The van der Waals surface area contributed by atoms with E-state index in [1.165, 1.54) is 11.0 Å². The Bertz CT molecular complexity index is 235. The molecule has 0 aromatic carbocycles. The van der Waals surface area contributed by atoms with E-state index in [2.05, 4.69) is 6.58 Å². The second-order valence-electron chi connectivity index (χ2n) is 3.24. The first-order chi connectivity index (χ1) is 5.57. The Balaban J connectivity index is 2.83. The van der Waals surface area contributed by atoms with Crippen LogP contribution in [0.5, 0.6) is 0 Å². The third-order valence-corrected chi connectivity index (χ3v) is 2.21. The summed E-state index contributed by atoms with van der Waals surface area (Å²) in [5.74, 6) is -0.381. The van der Waals surface area contributed by atoms with E-state index in [4.69, 9.17) is 0 Å².